The summed E-state index contributed by atoms with van der Waals surface area (Å²) in [6.45, 7) is 3.74. The minimum Gasteiger partial charge on any atom is -0.394 e. The molecule has 0 aliphatic carbocycles. The van der Waals surface area contributed by atoms with E-state index in [1.54, 1.807) is 0 Å². The Morgan fingerprint density at radius 2 is 0.625 bits per heavy atom. The van der Waals surface area contributed by atoms with E-state index in [-0.39, 0.29) is 6.61 Å². The van der Waals surface area contributed by atoms with Crippen LogP contribution in [0.25, 0.3) is 0 Å². The zero-order valence-corrected chi connectivity index (χ0v) is 53.2. The Kier molecular flexibility index (Phi) is 57.7. The number of unbranched alkanes of at least 4 members (excludes halogenated alkanes) is 53. The van der Waals surface area contributed by atoms with Crippen molar-refractivity contribution in [1.29, 1.82) is 0 Å². The van der Waals surface area contributed by atoms with Gasteiger partial charge in [-0.15, -0.1) is 0 Å². The Morgan fingerprint density at radius 3 is 0.887 bits per heavy atom. The van der Waals surface area contributed by atoms with Gasteiger partial charge in [0.1, 0.15) is 30.5 Å². The van der Waals surface area contributed by atoms with E-state index in [1.807, 2.05) is 0 Å². The second-order valence-electron chi connectivity index (χ2n) is 25.5. The number of carbonyl (C=O) groups is 1. The zero-order chi connectivity index (χ0) is 58.0. The summed E-state index contributed by atoms with van der Waals surface area (Å²) in [6, 6.07) is -0.891. The number of aliphatic hydroxyl groups is 6. The van der Waals surface area contributed by atoms with E-state index in [0.29, 0.717) is 12.8 Å². The number of amides is 1. The highest BCUT2D eigenvalue weighted by molar-refractivity contribution is 5.80. The van der Waals surface area contributed by atoms with Gasteiger partial charge in [-0.1, -0.05) is 367 Å². The van der Waals surface area contributed by atoms with Crippen molar-refractivity contribution in [3.8, 4) is 0 Å². The summed E-state index contributed by atoms with van der Waals surface area (Å²) in [5.74, 6) is -0.574. The highest BCUT2D eigenvalue weighted by atomic mass is 16.7. The standard InChI is InChI=1S/C70H139NO9/c1-3-5-7-9-11-13-15-17-19-21-22-23-24-25-26-27-28-29-30-31-32-33-34-35-36-37-38-39-40-41-43-45-47-49-51-53-55-57-59-64(74)69(78)71-62(61-79-70-68(77)67(76)66(75)65(60-72)80-70)63(73)58-56-54-52-50-48-46-44-42-20-18-16-14-12-10-8-6-4-2/h62-68,70,72-77H,3-61H2,1-2H3,(H,71,78). The lowest BCUT2D eigenvalue weighted by atomic mass is 9.99. The molecule has 1 saturated heterocycles. The number of nitrogens with one attached hydrogen (secondary N) is 1. The molecule has 0 spiro atoms. The van der Waals surface area contributed by atoms with Gasteiger partial charge in [-0.05, 0) is 12.8 Å². The second-order valence-corrected chi connectivity index (χ2v) is 25.5. The average molecular weight is 1140 g/mol. The normalized spacial score (nSPS) is 18.7. The zero-order valence-electron chi connectivity index (χ0n) is 53.2. The van der Waals surface area contributed by atoms with Crippen LogP contribution in [0.3, 0.4) is 0 Å². The smallest absolute Gasteiger partial charge is 0.249 e. The van der Waals surface area contributed by atoms with Gasteiger partial charge in [-0.2, -0.15) is 0 Å². The van der Waals surface area contributed by atoms with Crippen molar-refractivity contribution in [3.05, 3.63) is 0 Å². The molecular weight excluding hydrogens is 999 g/mol. The number of rotatable bonds is 64. The maximum Gasteiger partial charge on any atom is 0.249 e. The first-order valence-electron chi connectivity index (χ1n) is 35.8. The second kappa shape index (κ2) is 59.9. The molecule has 1 fully saturated rings. The Bertz CT molecular complexity index is 1240. The summed E-state index contributed by atoms with van der Waals surface area (Å²) in [5.41, 5.74) is 0. The van der Waals surface area contributed by atoms with E-state index in [4.69, 9.17) is 9.47 Å². The molecule has 0 aromatic carbocycles. The third kappa shape index (κ3) is 47.4. The number of hydrogen-bond acceptors (Lipinski definition) is 9. The molecule has 80 heavy (non-hydrogen) atoms. The van der Waals surface area contributed by atoms with Gasteiger partial charge in [-0.3, -0.25) is 4.79 Å². The fourth-order valence-electron chi connectivity index (χ4n) is 12.1. The SMILES string of the molecule is CCCCCCCCCCCCCCCCCCCCCCCCCCCCCCCCCCCCCCCCC(O)C(=O)NC(COC1OC(CO)C(O)C(O)C1O)C(O)CCCCCCCCCCCCCCCCCCC. The predicted octanol–water partition coefficient (Wildman–Crippen LogP) is 18.3. The van der Waals surface area contributed by atoms with Gasteiger partial charge in [0, 0.05) is 0 Å². The molecule has 0 bridgehead atoms. The Hall–Kier alpha value is -0.850. The molecule has 1 aliphatic rings. The largest absolute Gasteiger partial charge is 0.394 e. The Labute approximate surface area is 496 Å². The van der Waals surface area contributed by atoms with Crippen LogP contribution in [0.4, 0.5) is 0 Å². The first-order valence-corrected chi connectivity index (χ1v) is 35.8. The van der Waals surface area contributed by atoms with Crippen LogP contribution in [0.1, 0.15) is 380 Å². The van der Waals surface area contributed by atoms with E-state index in [0.717, 1.165) is 38.5 Å². The van der Waals surface area contributed by atoms with Gasteiger partial charge in [0.25, 0.3) is 0 Å². The molecule has 10 nitrogen and oxygen atoms in total. The molecule has 0 aromatic rings. The molecule has 1 amide bonds. The van der Waals surface area contributed by atoms with Crippen LogP contribution >= 0.6 is 0 Å². The predicted molar refractivity (Wildman–Crippen MR) is 338 cm³/mol. The van der Waals surface area contributed by atoms with Gasteiger partial charge in [0.2, 0.25) is 5.91 Å². The maximum absolute atomic E-state index is 13.2. The summed E-state index contributed by atoms with van der Waals surface area (Å²) in [5, 5.41) is 65.5. The Morgan fingerprint density at radius 1 is 0.375 bits per heavy atom. The monoisotopic (exact) mass is 1140 g/mol. The molecule has 8 unspecified atom stereocenters. The quantitative estimate of drug-likeness (QED) is 0.0293. The van der Waals surface area contributed by atoms with Gasteiger partial charge < -0.3 is 45.4 Å². The average Bonchev–Trinajstić information content (AvgIpc) is 3.46. The topological polar surface area (TPSA) is 169 Å². The highest BCUT2D eigenvalue weighted by Gasteiger charge is 2.44. The van der Waals surface area contributed by atoms with Gasteiger partial charge in [0.15, 0.2) is 6.29 Å². The first-order chi connectivity index (χ1) is 39.3. The molecule has 10 heteroatoms. The summed E-state index contributed by atoms with van der Waals surface area (Å²) >= 11 is 0. The molecule has 1 aliphatic heterocycles. The molecular formula is C70H139NO9. The van der Waals surface area contributed by atoms with Crippen LogP contribution in [-0.4, -0.2) is 98.7 Å². The minimum atomic E-state index is -1.59. The third-order valence-corrected chi connectivity index (χ3v) is 17.8. The van der Waals surface area contributed by atoms with E-state index < -0.39 is 61.5 Å². The van der Waals surface area contributed by atoms with Crippen LogP contribution in [0, 0.1) is 0 Å². The Balaban J connectivity index is 2.05. The summed E-state index contributed by atoms with van der Waals surface area (Å²) in [6.07, 6.45) is 65.1. The van der Waals surface area contributed by atoms with Gasteiger partial charge in [-0.25, -0.2) is 0 Å². The molecule has 0 aromatic heterocycles. The van der Waals surface area contributed by atoms with Crippen LogP contribution in [0.2, 0.25) is 0 Å². The van der Waals surface area contributed by atoms with Crippen LogP contribution in [0.15, 0.2) is 0 Å². The van der Waals surface area contributed by atoms with Crippen LogP contribution in [0.5, 0.6) is 0 Å². The van der Waals surface area contributed by atoms with Crippen molar-refractivity contribution in [3.63, 3.8) is 0 Å². The van der Waals surface area contributed by atoms with Crippen molar-refractivity contribution in [2.24, 2.45) is 0 Å². The minimum absolute atomic E-state index is 0.249. The van der Waals surface area contributed by atoms with Gasteiger partial charge >= 0.3 is 0 Å². The molecule has 0 saturated carbocycles. The molecule has 1 rings (SSSR count). The molecule has 1 heterocycles. The summed E-state index contributed by atoms with van der Waals surface area (Å²) < 4.78 is 11.3. The summed E-state index contributed by atoms with van der Waals surface area (Å²) in [4.78, 5) is 13.2. The third-order valence-electron chi connectivity index (χ3n) is 17.8. The number of ether oxygens (including phenoxy) is 2. The van der Waals surface area contributed by atoms with Crippen molar-refractivity contribution >= 4 is 5.91 Å². The van der Waals surface area contributed by atoms with E-state index >= 15 is 0 Å². The molecule has 7 N–H and O–H groups in total. The van der Waals surface area contributed by atoms with Crippen LogP contribution in [-0.2, 0) is 14.3 Å². The molecule has 0 radical (unpaired) electrons. The molecule has 478 valence electrons. The van der Waals surface area contributed by atoms with Crippen molar-refractivity contribution in [1.82, 2.24) is 5.32 Å². The van der Waals surface area contributed by atoms with Crippen molar-refractivity contribution < 1.29 is 44.9 Å². The fraction of sp³-hybridized carbons (Fsp3) is 0.986. The van der Waals surface area contributed by atoms with E-state index in [9.17, 15) is 35.4 Å². The number of aliphatic hydroxyl groups excluding tert-OH is 6. The lowest BCUT2D eigenvalue weighted by molar-refractivity contribution is -0.302. The summed E-state index contributed by atoms with van der Waals surface area (Å²) in [7, 11) is 0. The number of carbonyl (C=O) groups excluding carboxylic acids is 1. The lowest BCUT2D eigenvalue weighted by Crippen LogP contribution is -2.60. The maximum atomic E-state index is 13.2. The van der Waals surface area contributed by atoms with Gasteiger partial charge in [0.05, 0.1) is 25.4 Å². The molecule has 8 atom stereocenters. The van der Waals surface area contributed by atoms with Crippen molar-refractivity contribution in [2.45, 2.75) is 429 Å². The van der Waals surface area contributed by atoms with E-state index in [1.165, 1.54) is 315 Å². The van der Waals surface area contributed by atoms with Crippen LogP contribution < -0.4 is 5.32 Å². The van der Waals surface area contributed by atoms with Crippen molar-refractivity contribution in [2.75, 3.05) is 13.2 Å². The number of hydrogen-bond donors (Lipinski definition) is 7. The van der Waals surface area contributed by atoms with E-state index in [2.05, 4.69) is 19.2 Å². The lowest BCUT2D eigenvalue weighted by Gasteiger charge is -2.40. The highest BCUT2D eigenvalue weighted by Crippen LogP contribution is 2.24. The fourth-order valence-corrected chi connectivity index (χ4v) is 12.1. The first kappa shape index (κ1) is 77.2.